The molecular formula is C5H5O2S-. The SMILES string of the molecule is O=S([O-])C1=CCC=C1. The highest BCUT2D eigenvalue weighted by molar-refractivity contribution is 7.83. The second-order valence-electron chi connectivity index (χ2n) is 1.48. The first-order valence-electron chi connectivity index (χ1n) is 2.26. The van der Waals surface area contributed by atoms with Gasteiger partial charge in [0, 0.05) is 4.91 Å². The Bertz CT molecular complexity index is 169. The summed E-state index contributed by atoms with van der Waals surface area (Å²) in [6, 6.07) is 0. The Labute approximate surface area is 50.2 Å². The Kier molecular flexibility index (Phi) is 1.60. The fraction of sp³-hybridized carbons (Fsp3) is 0.200. The van der Waals surface area contributed by atoms with Crippen LogP contribution in [0.1, 0.15) is 6.42 Å². The molecule has 0 aromatic heterocycles. The normalized spacial score (nSPS) is 20.9. The molecule has 8 heavy (non-hydrogen) atoms. The Hall–Kier alpha value is -0.410. The summed E-state index contributed by atoms with van der Waals surface area (Å²) >= 11 is -2.02. The lowest BCUT2D eigenvalue weighted by Gasteiger charge is -2.00. The molecule has 1 unspecified atom stereocenters. The average molecular weight is 129 g/mol. The first-order chi connectivity index (χ1) is 3.80. The quantitative estimate of drug-likeness (QED) is 0.489. The van der Waals surface area contributed by atoms with Crippen molar-refractivity contribution in [3.05, 3.63) is 23.1 Å². The van der Waals surface area contributed by atoms with Gasteiger partial charge in [-0.3, -0.25) is 4.21 Å². The van der Waals surface area contributed by atoms with E-state index >= 15 is 0 Å². The zero-order chi connectivity index (χ0) is 5.98. The monoisotopic (exact) mass is 129 g/mol. The maximum absolute atomic E-state index is 10.1. The van der Waals surface area contributed by atoms with Gasteiger partial charge in [-0.2, -0.15) is 0 Å². The molecule has 2 nitrogen and oxygen atoms in total. The van der Waals surface area contributed by atoms with Crippen LogP contribution in [0.15, 0.2) is 23.1 Å². The number of rotatable bonds is 1. The van der Waals surface area contributed by atoms with Crippen molar-refractivity contribution < 1.29 is 8.76 Å². The van der Waals surface area contributed by atoms with E-state index in [0.29, 0.717) is 4.91 Å². The molecule has 0 aliphatic heterocycles. The summed E-state index contributed by atoms with van der Waals surface area (Å²) in [4.78, 5) is 0.407. The van der Waals surface area contributed by atoms with Crippen molar-refractivity contribution in [2.45, 2.75) is 6.42 Å². The van der Waals surface area contributed by atoms with Gasteiger partial charge in [0.2, 0.25) is 0 Å². The van der Waals surface area contributed by atoms with Gasteiger partial charge in [0.15, 0.2) is 0 Å². The predicted molar refractivity (Wildman–Crippen MR) is 30.8 cm³/mol. The summed E-state index contributed by atoms with van der Waals surface area (Å²) < 4.78 is 20.2. The van der Waals surface area contributed by atoms with Gasteiger partial charge in [-0.1, -0.05) is 18.2 Å². The minimum atomic E-state index is -2.02. The Balaban J connectivity index is 2.72. The third-order valence-corrected chi connectivity index (χ3v) is 1.62. The van der Waals surface area contributed by atoms with E-state index in [-0.39, 0.29) is 0 Å². The summed E-state index contributed by atoms with van der Waals surface area (Å²) in [5.74, 6) is 0. The van der Waals surface area contributed by atoms with Crippen LogP contribution in [0.4, 0.5) is 0 Å². The standard InChI is InChI=1S/C5H6O2S/c6-8(7)5-3-1-2-4-5/h1,3-4H,2H2,(H,6,7)/p-1. The van der Waals surface area contributed by atoms with Gasteiger partial charge in [0.05, 0.1) is 0 Å². The molecule has 0 saturated heterocycles. The molecule has 1 aliphatic rings. The molecule has 1 rings (SSSR count). The molecule has 44 valence electrons. The van der Waals surface area contributed by atoms with Crippen LogP contribution in [0.25, 0.3) is 0 Å². The minimum absolute atomic E-state index is 0.407. The van der Waals surface area contributed by atoms with Gasteiger partial charge in [0.1, 0.15) is 0 Å². The summed E-state index contributed by atoms with van der Waals surface area (Å²) in [5.41, 5.74) is 0. The van der Waals surface area contributed by atoms with Crippen LogP contribution in [-0.2, 0) is 11.1 Å². The van der Waals surface area contributed by atoms with Crippen molar-refractivity contribution in [3.8, 4) is 0 Å². The number of hydrogen-bond acceptors (Lipinski definition) is 2. The van der Waals surface area contributed by atoms with E-state index in [2.05, 4.69) is 0 Å². The van der Waals surface area contributed by atoms with Crippen molar-refractivity contribution in [3.63, 3.8) is 0 Å². The molecule has 1 atom stereocenters. The van der Waals surface area contributed by atoms with Crippen LogP contribution >= 0.6 is 0 Å². The van der Waals surface area contributed by atoms with Gasteiger partial charge in [-0.15, -0.1) is 0 Å². The molecule has 0 aromatic carbocycles. The number of allylic oxidation sites excluding steroid dienone is 3. The van der Waals surface area contributed by atoms with E-state index in [4.69, 9.17) is 0 Å². The Morgan fingerprint density at radius 3 is 2.75 bits per heavy atom. The van der Waals surface area contributed by atoms with E-state index in [1.54, 1.807) is 12.2 Å². The van der Waals surface area contributed by atoms with Gasteiger partial charge in [-0.25, -0.2) is 0 Å². The van der Waals surface area contributed by atoms with Gasteiger partial charge in [0.25, 0.3) is 0 Å². The van der Waals surface area contributed by atoms with E-state index in [1.807, 2.05) is 6.08 Å². The van der Waals surface area contributed by atoms with Crippen LogP contribution in [0.2, 0.25) is 0 Å². The third kappa shape index (κ3) is 1.05. The van der Waals surface area contributed by atoms with Gasteiger partial charge < -0.3 is 4.55 Å². The zero-order valence-electron chi connectivity index (χ0n) is 4.16. The predicted octanol–water partition coefficient (Wildman–Crippen LogP) is 0.709. The second kappa shape index (κ2) is 2.24. The second-order valence-corrected chi connectivity index (χ2v) is 2.42. The Morgan fingerprint density at radius 1 is 1.75 bits per heavy atom. The topological polar surface area (TPSA) is 40.1 Å². The van der Waals surface area contributed by atoms with Gasteiger partial charge in [-0.05, 0) is 17.5 Å². The van der Waals surface area contributed by atoms with Crippen molar-refractivity contribution in [2.24, 2.45) is 0 Å². The minimum Gasteiger partial charge on any atom is -0.768 e. The van der Waals surface area contributed by atoms with Gasteiger partial charge >= 0.3 is 0 Å². The van der Waals surface area contributed by atoms with Crippen LogP contribution in [-0.4, -0.2) is 8.76 Å². The highest BCUT2D eigenvalue weighted by atomic mass is 32.2. The van der Waals surface area contributed by atoms with Crippen LogP contribution in [0.5, 0.6) is 0 Å². The molecule has 3 heteroatoms. The first-order valence-corrected chi connectivity index (χ1v) is 3.34. The van der Waals surface area contributed by atoms with Crippen molar-refractivity contribution >= 4 is 11.1 Å². The van der Waals surface area contributed by atoms with Crippen LogP contribution in [0, 0.1) is 0 Å². The largest absolute Gasteiger partial charge is 0.768 e. The molecule has 0 fully saturated rings. The molecule has 0 heterocycles. The van der Waals surface area contributed by atoms with Crippen LogP contribution < -0.4 is 0 Å². The fourth-order valence-corrected chi connectivity index (χ4v) is 1.000. The summed E-state index contributed by atoms with van der Waals surface area (Å²) in [5, 5.41) is 0. The molecule has 0 spiro atoms. The maximum Gasteiger partial charge on any atom is 0.0208 e. The molecule has 0 amide bonds. The van der Waals surface area contributed by atoms with E-state index in [1.165, 1.54) is 0 Å². The smallest absolute Gasteiger partial charge is 0.0208 e. The molecule has 0 aromatic rings. The molecule has 1 aliphatic carbocycles. The van der Waals surface area contributed by atoms with E-state index in [9.17, 15) is 8.76 Å². The lowest BCUT2D eigenvalue weighted by molar-refractivity contribution is 0.544. The molecule has 0 bridgehead atoms. The highest BCUT2D eigenvalue weighted by Gasteiger charge is 1.94. The zero-order valence-corrected chi connectivity index (χ0v) is 4.98. The highest BCUT2D eigenvalue weighted by Crippen LogP contribution is 2.10. The first kappa shape index (κ1) is 5.72. The maximum atomic E-state index is 10.1. The third-order valence-electron chi connectivity index (χ3n) is 0.930. The number of hydrogen-bond donors (Lipinski definition) is 0. The van der Waals surface area contributed by atoms with Crippen molar-refractivity contribution in [1.82, 2.24) is 0 Å². The fourth-order valence-electron chi connectivity index (χ4n) is 0.560. The van der Waals surface area contributed by atoms with Crippen molar-refractivity contribution in [2.75, 3.05) is 0 Å². The average Bonchev–Trinajstić information content (AvgIpc) is 2.12. The lowest BCUT2D eigenvalue weighted by Crippen LogP contribution is -1.85. The molecule has 0 radical (unpaired) electrons. The van der Waals surface area contributed by atoms with E-state index < -0.39 is 11.1 Å². The van der Waals surface area contributed by atoms with E-state index in [0.717, 1.165) is 6.42 Å². The summed E-state index contributed by atoms with van der Waals surface area (Å²) in [6.45, 7) is 0. The lowest BCUT2D eigenvalue weighted by atomic mass is 10.5. The summed E-state index contributed by atoms with van der Waals surface area (Å²) in [7, 11) is 0. The van der Waals surface area contributed by atoms with Crippen molar-refractivity contribution in [1.29, 1.82) is 0 Å². The summed E-state index contributed by atoms with van der Waals surface area (Å²) in [6.07, 6.45) is 5.83. The molecule has 0 N–H and O–H groups in total. The van der Waals surface area contributed by atoms with Crippen LogP contribution in [0.3, 0.4) is 0 Å². The Morgan fingerprint density at radius 2 is 2.50 bits per heavy atom. The molecule has 0 saturated carbocycles. The molecular weight excluding hydrogens is 124 g/mol.